The number of hydrogen-bond donors (Lipinski definition) is 1. The largest absolute Gasteiger partial charge is 0.375 e. The fourth-order valence-corrected chi connectivity index (χ4v) is 4.69. The highest BCUT2D eigenvalue weighted by atomic mass is 32.2. The van der Waals surface area contributed by atoms with E-state index < -0.39 is 0 Å². The second-order valence-corrected chi connectivity index (χ2v) is 7.21. The van der Waals surface area contributed by atoms with E-state index in [9.17, 15) is 0 Å². The zero-order valence-corrected chi connectivity index (χ0v) is 13.1. The third-order valence-corrected chi connectivity index (χ3v) is 5.57. The first kappa shape index (κ1) is 15.4. The molecule has 2 fully saturated rings. The SMILES string of the molecule is C=CCC(NCCC)C1CCOC2(CCSCC2)C1. The van der Waals surface area contributed by atoms with E-state index in [-0.39, 0.29) is 5.60 Å². The standard InChI is InChI=1S/C16H29NOS/c1-3-5-15(17-9-4-2)14-6-10-18-16(13-14)7-11-19-12-8-16/h3,14-15,17H,1,4-13H2,2H3. The zero-order chi connectivity index (χ0) is 13.6. The fourth-order valence-electron chi connectivity index (χ4n) is 3.45. The molecule has 2 nitrogen and oxygen atoms in total. The van der Waals surface area contributed by atoms with Crippen LogP contribution in [0.4, 0.5) is 0 Å². The van der Waals surface area contributed by atoms with E-state index in [1.807, 2.05) is 0 Å². The highest BCUT2D eigenvalue weighted by Crippen LogP contribution is 2.41. The Kier molecular flexibility index (Phi) is 6.24. The molecule has 0 saturated carbocycles. The van der Waals surface area contributed by atoms with Gasteiger partial charge in [-0.25, -0.2) is 0 Å². The molecule has 2 saturated heterocycles. The van der Waals surface area contributed by atoms with E-state index >= 15 is 0 Å². The minimum absolute atomic E-state index is 0.210. The molecule has 1 spiro atoms. The molecule has 2 aliphatic heterocycles. The highest BCUT2D eigenvalue weighted by Gasteiger charge is 2.40. The molecule has 2 rings (SSSR count). The predicted octanol–water partition coefficient (Wildman–Crippen LogP) is 3.62. The number of ether oxygens (including phenoxy) is 1. The third kappa shape index (κ3) is 4.24. The maximum Gasteiger partial charge on any atom is 0.0701 e. The van der Waals surface area contributed by atoms with Crippen LogP contribution < -0.4 is 5.32 Å². The van der Waals surface area contributed by atoms with E-state index in [0.717, 1.165) is 25.5 Å². The first-order valence-corrected chi connectivity index (χ1v) is 9.01. The lowest BCUT2D eigenvalue weighted by atomic mass is 9.78. The van der Waals surface area contributed by atoms with Crippen LogP contribution in [0, 0.1) is 5.92 Å². The molecule has 110 valence electrons. The van der Waals surface area contributed by atoms with Crippen molar-refractivity contribution in [3.05, 3.63) is 12.7 Å². The minimum Gasteiger partial charge on any atom is -0.375 e. The van der Waals surface area contributed by atoms with Crippen LogP contribution >= 0.6 is 11.8 Å². The smallest absolute Gasteiger partial charge is 0.0701 e. The molecule has 19 heavy (non-hydrogen) atoms. The Balaban J connectivity index is 1.94. The molecule has 0 bridgehead atoms. The van der Waals surface area contributed by atoms with Crippen LogP contribution in [0.5, 0.6) is 0 Å². The lowest BCUT2D eigenvalue weighted by Crippen LogP contribution is -2.48. The Morgan fingerprint density at radius 3 is 2.95 bits per heavy atom. The second kappa shape index (κ2) is 7.70. The fraction of sp³-hybridized carbons (Fsp3) is 0.875. The Hall–Kier alpha value is 0.0100. The minimum atomic E-state index is 0.210. The Morgan fingerprint density at radius 1 is 1.47 bits per heavy atom. The van der Waals surface area contributed by atoms with Crippen LogP contribution in [-0.4, -0.2) is 36.3 Å². The van der Waals surface area contributed by atoms with Gasteiger partial charge in [0.2, 0.25) is 0 Å². The van der Waals surface area contributed by atoms with Crippen LogP contribution in [0.2, 0.25) is 0 Å². The number of rotatable bonds is 6. The molecule has 0 aromatic rings. The van der Waals surface area contributed by atoms with Gasteiger partial charge in [0.05, 0.1) is 5.60 Å². The quantitative estimate of drug-likeness (QED) is 0.752. The molecule has 2 aliphatic rings. The third-order valence-electron chi connectivity index (χ3n) is 4.58. The average Bonchev–Trinajstić information content (AvgIpc) is 2.44. The maximum absolute atomic E-state index is 6.20. The van der Waals surface area contributed by atoms with Gasteiger partial charge in [-0.05, 0) is 62.5 Å². The van der Waals surface area contributed by atoms with E-state index in [1.165, 1.54) is 43.6 Å². The molecule has 0 aromatic carbocycles. The van der Waals surface area contributed by atoms with Crippen molar-refractivity contribution in [1.82, 2.24) is 5.32 Å². The van der Waals surface area contributed by atoms with Gasteiger partial charge in [-0.3, -0.25) is 0 Å². The topological polar surface area (TPSA) is 21.3 Å². The Morgan fingerprint density at radius 2 is 2.26 bits per heavy atom. The molecular formula is C16H29NOS. The summed E-state index contributed by atoms with van der Waals surface area (Å²) in [6.07, 6.45) is 9.35. The van der Waals surface area contributed by atoms with Crippen molar-refractivity contribution in [3.8, 4) is 0 Å². The molecule has 2 unspecified atom stereocenters. The molecule has 0 amide bonds. The molecule has 2 heterocycles. The number of thioether (sulfide) groups is 1. The van der Waals surface area contributed by atoms with Gasteiger partial charge in [-0.2, -0.15) is 11.8 Å². The van der Waals surface area contributed by atoms with Crippen molar-refractivity contribution in [1.29, 1.82) is 0 Å². The number of nitrogens with one attached hydrogen (secondary N) is 1. The van der Waals surface area contributed by atoms with Gasteiger partial charge in [-0.1, -0.05) is 13.0 Å². The lowest BCUT2D eigenvalue weighted by Gasteiger charge is -2.45. The molecule has 0 radical (unpaired) electrons. The van der Waals surface area contributed by atoms with Gasteiger partial charge < -0.3 is 10.1 Å². The summed E-state index contributed by atoms with van der Waals surface area (Å²) in [7, 11) is 0. The second-order valence-electron chi connectivity index (χ2n) is 5.98. The van der Waals surface area contributed by atoms with Gasteiger partial charge in [-0.15, -0.1) is 6.58 Å². The summed E-state index contributed by atoms with van der Waals surface area (Å²) >= 11 is 2.08. The van der Waals surface area contributed by atoms with Crippen molar-refractivity contribution in [2.45, 2.75) is 57.1 Å². The summed E-state index contributed by atoms with van der Waals surface area (Å²) < 4.78 is 6.20. The van der Waals surface area contributed by atoms with Crippen molar-refractivity contribution in [3.63, 3.8) is 0 Å². The van der Waals surface area contributed by atoms with Gasteiger partial charge in [0, 0.05) is 12.6 Å². The van der Waals surface area contributed by atoms with Crippen molar-refractivity contribution >= 4 is 11.8 Å². The zero-order valence-electron chi connectivity index (χ0n) is 12.3. The molecule has 3 heteroatoms. The van der Waals surface area contributed by atoms with Crippen LogP contribution in [0.15, 0.2) is 12.7 Å². The summed E-state index contributed by atoms with van der Waals surface area (Å²) in [6, 6.07) is 0.604. The predicted molar refractivity (Wildman–Crippen MR) is 84.9 cm³/mol. The van der Waals surface area contributed by atoms with E-state index in [0.29, 0.717) is 6.04 Å². The summed E-state index contributed by atoms with van der Waals surface area (Å²) in [5.41, 5.74) is 0.210. The summed E-state index contributed by atoms with van der Waals surface area (Å²) in [6.45, 7) is 8.25. The van der Waals surface area contributed by atoms with Crippen LogP contribution in [0.1, 0.15) is 45.4 Å². The van der Waals surface area contributed by atoms with Gasteiger partial charge in [0.15, 0.2) is 0 Å². The first-order valence-electron chi connectivity index (χ1n) is 7.85. The molecule has 2 atom stereocenters. The maximum atomic E-state index is 6.20. The van der Waals surface area contributed by atoms with Gasteiger partial charge in [0.1, 0.15) is 0 Å². The first-order chi connectivity index (χ1) is 9.29. The van der Waals surface area contributed by atoms with Gasteiger partial charge in [0.25, 0.3) is 0 Å². The molecule has 0 aromatic heterocycles. The summed E-state index contributed by atoms with van der Waals surface area (Å²) in [4.78, 5) is 0. The van der Waals surface area contributed by atoms with E-state index in [2.05, 4.69) is 36.7 Å². The molecule has 1 N–H and O–H groups in total. The van der Waals surface area contributed by atoms with E-state index in [1.54, 1.807) is 0 Å². The summed E-state index contributed by atoms with van der Waals surface area (Å²) in [5, 5.41) is 3.73. The van der Waals surface area contributed by atoms with Crippen LogP contribution in [0.3, 0.4) is 0 Å². The van der Waals surface area contributed by atoms with Crippen molar-refractivity contribution in [2.24, 2.45) is 5.92 Å². The Labute approximate surface area is 122 Å². The van der Waals surface area contributed by atoms with E-state index in [4.69, 9.17) is 4.74 Å². The highest BCUT2D eigenvalue weighted by molar-refractivity contribution is 7.99. The molecular weight excluding hydrogens is 254 g/mol. The monoisotopic (exact) mass is 283 g/mol. The van der Waals surface area contributed by atoms with Crippen molar-refractivity contribution in [2.75, 3.05) is 24.7 Å². The Bertz CT molecular complexity index is 270. The average molecular weight is 283 g/mol. The van der Waals surface area contributed by atoms with Gasteiger partial charge >= 0.3 is 0 Å². The van der Waals surface area contributed by atoms with Crippen molar-refractivity contribution < 1.29 is 4.74 Å². The lowest BCUT2D eigenvalue weighted by molar-refractivity contribution is -0.107. The van der Waals surface area contributed by atoms with Crippen LogP contribution in [0.25, 0.3) is 0 Å². The normalized spacial score (nSPS) is 28.2. The van der Waals surface area contributed by atoms with Crippen LogP contribution in [-0.2, 0) is 4.74 Å². The summed E-state index contributed by atoms with van der Waals surface area (Å²) in [5.74, 6) is 3.32. The molecule has 0 aliphatic carbocycles. The number of hydrogen-bond acceptors (Lipinski definition) is 3.